The predicted octanol–water partition coefficient (Wildman–Crippen LogP) is 2.70. The first-order valence-corrected chi connectivity index (χ1v) is 7.67. The summed E-state index contributed by atoms with van der Waals surface area (Å²) in [6.45, 7) is 4.07. The Morgan fingerprint density at radius 1 is 1.16 bits per heavy atom. The quantitative estimate of drug-likeness (QED) is 0.907. The molecular formula is C16H25N3. The highest BCUT2D eigenvalue weighted by Gasteiger charge is 2.36. The van der Waals surface area contributed by atoms with Crippen molar-refractivity contribution in [3.63, 3.8) is 0 Å². The van der Waals surface area contributed by atoms with Gasteiger partial charge in [-0.2, -0.15) is 0 Å². The van der Waals surface area contributed by atoms with Gasteiger partial charge in [0.2, 0.25) is 0 Å². The molecule has 0 bridgehead atoms. The van der Waals surface area contributed by atoms with Crippen LogP contribution in [0.2, 0.25) is 0 Å². The number of hydrogen-bond donors (Lipinski definition) is 1. The van der Waals surface area contributed by atoms with Crippen LogP contribution in [0.15, 0.2) is 18.3 Å². The summed E-state index contributed by atoms with van der Waals surface area (Å²) in [7, 11) is 0. The van der Waals surface area contributed by atoms with E-state index < -0.39 is 0 Å². The van der Waals surface area contributed by atoms with Gasteiger partial charge >= 0.3 is 0 Å². The lowest BCUT2D eigenvalue weighted by Crippen LogP contribution is -2.38. The zero-order chi connectivity index (χ0) is 13.1. The maximum Gasteiger partial charge on any atom is 0.0584 e. The molecule has 2 N–H and O–H groups in total. The smallest absolute Gasteiger partial charge is 0.0584 e. The standard InChI is InChI=1S/C16H25N3/c17-12-15-14(4-3-9-18-15)13-19-10-7-16(8-11-19)5-1-2-6-16/h3-4,9H,1-2,5-8,10-13,17H2. The van der Waals surface area contributed by atoms with E-state index in [0.717, 1.165) is 12.2 Å². The van der Waals surface area contributed by atoms with Crippen LogP contribution in [-0.2, 0) is 13.1 Å². The van der Waals surface area contributed by atoms with Gasteiger partial charge in [-0.25, -0.2) is 0 Å². The Morgan fingerprint density at radius 3 is 2.58 bits per heavy atom. The Morgan fingerprint density at radius 2 is 1.89 bits per heavy atom. The monoisotopic (exact) mass is 259 g/mol. The first-order chi connectivity index (χ1) is 9.31. The number of nitrogens with two attached hydrogens (primary N) is 1. The van der Waals surface area contributed by atoms with E-state index in [4.69, 9.17) is 5.73 Å². The lowest BCUT2D eigenvalue weighted by molar-refractivity contribution is 0.103. The van der Waals surface area contributed by atoms with Crippen LogP contribution in [0.4, 0.5) is 0 Å². The van der Waals surface area contributed by atoms with E-state index in [2.05, 4.69) is 16.0 Å². The van der Waals surface area contributed by atoms with E-state index in [1.54, 1.807) is 0 Å². The van der Waals surface area contributed by atoms with E-state index in [0.29, 0.717) is 12.0 Å². The van der Waals surface area contributed by atoms with E-state index in [1.807, 2.05) is 12.3 Å². The van der Waals surface area contributed by atoms with Gasteiger partial charge in [0.25, 0.3) is 0 Å². The van der Waals surface area contributed by atoms with Crippen molar-refractivity contribution in [2.75, 3.05) is 13.1 Å². The molecule has 1 saturated carbocycles. The highest BCUT2D eigenvalue weighted by atomic mass is 15.1. The Balaban J connectivity index is 1.60. The van der Waals surface area contributed by atoms with Crippen molar-refractivity contribution >= 4 is 0 Å². The van der Waals surface area contributed by atoms with E-state index in [9.17, 15) is 0 Å². The fraction of sp³-hybridized carbons (Fsp3) is 0.688. The Hall–Kier alpha value is -0.930. The molecule has 3 nitrogen and oxygen atoms in total. The first kappa shape index (κ1) is 13.1. The molecule has 0 atom stereocenters. The van der Waals surface area contributed by atoms with Gasteiger partial charge in [0, 0.05) is 19.3 Å². The minimum absolute atomic E-state index is 0.550. The topological polar surface area (TPSA) is 42.1 Å². The van der Waals surface area contributed by atoms with Crippen LogP contribution in [-0.4, -0.2) is 23.0 Å². The second-order valence-electron chi connectivity index (χ2n) is 6.30. The van der Waals surface area contributed by atoms with Gasteiger partial charge in [0.15, 0.2) is 0 Å². The number of nitrogens with zero attached hydrogens (tertiary/aromatic N) is 2. The van der Waals surface area contributed by atoms with Gasteiger partial charge in [0.1, 0.15) is 0 Å². The maximum absolute atomic E-state index is 5.77. The van der Waals surface area contributed by atoms with Crippen LogP contribution >= 0.6 is 0 Å². The van der Waals surface area contributed by atoms with Crippen molar-refractivity contribution < 1.29 is 0 Å². The molecule has 1 aliphatic carbocycles. The number of aromatic nitrogens is 1. The van der Waals surface area contributed by atoms with Crippen LogP contribution in [0.1, 0.15) is 49.8 Å². The Bertz CT molecular complexity index is 414. The highest BCUT2D eigenvalue weighted by molar-refractivity contribution is 5.19. The van der Waals surface area contributed by atoms with Crippen molar-refractivity contribution in [1.29, 1.82) is 0 Å². The summed E-state index contributed by atoms with van der Waals surface area (Å²) in [5.74, 6) is 0. The van der Waals surface area contributed by atoms with Crippen molar-refractivity contribution in [2.45, 2.75) is 51.6 Å². The van der Waals surface area contributed by atoms with Gasteiger partial charge in [-0.15, -0.1) is 0 Å². The molecule has 2 heterocycles. The highest BCUT2D eigenvalue weighted by Crippen LogP contribution is 2.46. The third kappa shape index (κ3) is 2.82. The molecule has 1 saturated heterocycles. The van der Waals surface area contributed by atoms with Crippen LogP contribution < -0.4 is 5.73 Å². The molecule has 2 fully saturated rings. The third-order valence-electron chi connectivity index (χ3n) is 5.15. The Kier molecular flexibility index (Phi) is 3.85. The normalized spacial score (nSPS) is 23.0. The molecule has 1 aromatic heterocycles. The van der Waals surface area contributed by atoms with Crippen molar-refractivity contribution in [3.8, 4) is 0 Å². The summed E-state index contributed by atoms with van der Waals surface area (Å²) in [6.07, 6.45) is 10.5. The molecule has 1 aromatic rings. The average molecular weight is 259 g/mol. The molecule has 0 amide bonds. The second-order valence-corrected chi connectivity index (χ2v) is 6.30. The zero-order valence-corrected chi connectivity index (χ0v) is 11.8. The van der Waals surface area contributed by atoms with E-state index in [-0.39, 0.29) is 0 Å². The van der Waals surface area contributed by atoms with Crippen LogP contribution in [0.25, 0.3) is 0 Å². The fourth-order valence-electron chi connectivity index (χ4n) is 3.85. The molecule has 0 aromatic carbocycles. The Labute approximate surface area is 116 Å². The van der Waals surface area contributed by atoms with Gasteiger partial charge in [-0.05, 0) is 55.8 Å². The van der Waals surface area contributed by atoms with E-state index in [1.165, 1.54) is 57.2 Å². The number of piperidine rings is 1. The maximum atomic E-state index is 5.77. The fourth-order valence-corrected chi connectivity index (χ4v) is 3.85. The minimum atomic E-state index is 0.550. The van der Waals surface area contributed by atoms with Crippen molar-refractivity contribution in [3.05, 3.63) is 29.6 Å². The number of hydrogen-bond acceptors (Lipinski definition) is 3. The molecule has 1 spiro atoms. The van der Waals surface area contributed by atoms with Crippen LogP contribution in [0.5, 0.6) is 0 Å². The van der Waals surface area contributed by atoms with Crippen LogP contribution in [0.3, 0.4) is 0 Å². The van der Waals surface area contributed by atoms with E-state index >= 15 is 0 Å². The number of rotatable bonds is 3. The predicted molar refractivity (Wildman–Crippen MR) is 77.5 cm³/mol. The second kappa shape index (κ2) is 5.59. The van der Waals surface area contributed by atoms with Gasteiger partial charge in [-0.1, -0.05) is 18.9 Å². The number of pyridine rings is 1. The SMILES string of the molecule is NCc1ncccc1CN1CCC2(CCCC2)CC1. The molecule has 19 heavy (non-hydrogen) atoms. The summed E-state index contributed by atoms with van der Waals surface area (Å²) in [5.41, 5.74) is 8.85. The van der Waals surface area contributed by atoms with Crippen molar-refractivity contribution in [2.24, 2.45) is 11.1 Å². The molecule has 2 aliphatic rings. The first-order valence-electron chi connectivity index (χ1n) is 7.67. The minimum Gasteiger partial charge on any atom is -0.325 e. The average Bonchev–Trinajstić information content (AvgIpc) is 2.91. The van der Waals surface area contributed by atoms with Gasteiger partial charge < -0.3 is 5.73 Å². The molecule has 0 unspecified atom stereocenters. The lowest BCUT2D eigenvalue weighted by atomic mass is 9.77. The largest absolute Gasteiger partial charge is 0.325 e. The lowest BCUT2D eigenvalue weighted by Gasteiger charge is -2.39. The summed E-state index contributed by atoms with van der Waals surface area (Å²) < 4.78 is 0. The summed E-state index contributed by atoms with van der Waals surface area (Å²) >= 11 is 0. The summed E-state index contributed by atoms with van der Waals surface area (Å²) in [6, 6.07) is 4.20. The zero-order valence-electron chi connectivity index (χ0n) is 11.8. The third-order valence-corrected chi connectivity index (χ3v) is 5.15. The summed E-state index contributed by atoms with van der Waals surface area (Å²) in [5, 5.41) is 0. The molecule has 3 rings (SSSR count). The molecule has 1 aliphatic heterocycles. The molecule has 0 radical (unpaired) electrons. The van der Waals surface area contributed by atoms with Crippen molar-refractivity contribution in [1.82, 2.24) is 9.88 Å². The van der Waals surface area contributed by atoms with Gasteiger partial charge in [-0.3, -0.25) is 9.88 Å². The van der Waals surface area contributed by atoms with Gasteiger partial charge in [0.05, 0.1) is 5.69 Å². The molecule has 3 heteroatoms. The van der Waals surface area contributed by atoms with Crippen LogP contribution in [0, 0.1) is 5.41 Å². The number of likely N-dealkylation sites (tertiary alicyclic amines) is 1. The molecular weight excluding hydrogens is 234 g/mol. The molecule has 104 valence electrons. The summed E-state index contributed by atoms with van der Waals surface area (Å²) in [4.78, 5) is 6.97.